The number of rotatable bonds is 5. The molecule has 0 bridgehead atoms. The Bertz CT molecular complexity index is 1490. The highest BCUT2D eigenvalue weighted by Gasteiger charge is 2.26. The van der Waals surface area contributed by atoms with Crippen LogP contribution in [-0.4, -0.2) is 16.7 Å². The standard InChI is InChI=1S/C26H17BrN2O3S/c1-15-28-22(25(33-15)17-7-3-2-4-8-17)26(31)29-21-19-9-5-6-10-20(19)32-24(21)23(30)16-11-13-18(27)14-12-16/h2-14H,1H3,(H,29,31). The van der Waals surface area contributed by atoms with Gasteiger partial charge < -0.3 is 9.73 Å². The first-order valence-corrected chi connectivity index (χ1v) is 11.8. The number of carbonyl (C=O) groups excluding carboxylic acids is 2. The van der Waals surface area contributed by atoms with Crippen LogP contribution in [-0.2, 0) is 0 Å². The van der Waals surface area contributed by atoms with Gasteiger partial charge in [0.15, 0.2) is 5.76 Å². The summed E-state index contributed by atoms with van der Waals surface area (Å²) in [5.74, 6) is -0.624. The number of thiazole rings is 1. The Morgan fingerprint density at radius 3 is 2.39 bits per heavy atom. The zero-order chi connectivity index (χ0) is 22.9. The molecule has 0 unspecified atom stereocenters. The van der Waals surface area contributed by atoms with Crippen molar-refractivity contribution in [2.24, 2.45) is 0 Å². The van der Waals surface area contributed by atoms with E-state index in [1.807, 2.05) is 55.5 Å². The number of hydrogen-bond donors (Lipinski definition) is 1. The van der Waals surface area contributed by atoms with E-state index in [-0.39, 0.29) is 11.5 Å². The summed E-state index contributed by atoms with van der Waals surface area (Å²) < 4.78 is 6.77. The van der Waals surface area contributed by atoms with Crippen LogP contribution in [0.3, 0.4) is 0 Å². The molecule has 0 saturated heterocycles. The Kier molecular flexibility index (Phi) is 5.66. The van der Waals surface area contributed by atoms with Crippen LogP contribution in [0.2, 0.25) is 0 Å². The number of nitrogens with one attached hydrogen (secondary N) is 1. The molecule has 0 aliphatic heterocycles. The second kappa shape index (κ2) is 8.77. The fourth-order valence-corrected chi connectivity index (χ4v) is 4.79. The molecule has 0 fully saturated rings. The molecule has 2 heterocycles. The molecule has 0 aliphatic carbocycles. The topological polar surface area (TPSA) is 72.2 Å². The third-order valence-corrected chi connectivity index (χ3v) is 6.68. The van der Waals surface area contributed by atoms with Gasteiger partial charge in [0, 0.05) is 15.4 Å². The molecule has 0 atom stereocenters. The molecule has 162 valence electrons. The van der Waals surface area contributed by atoms with Crippen LogP contribution in [0.25, 0.3) is 21.4 Å². The van der Waals surface area contributed by atoms with E-state index in [1.165, 1.54) is 11.3 Å². The summed E-state index contributed by atoms with van der Waals surface area (Å²) in [5, 5.41) is 4.35. The molecular weight excluding hydrogens is 500 g/mol. The number of hydrogen-bond acceptors (Lipinski definition) is 5. The Balaban J connectivity index is 1.57. The van der Waals surface area contributed by atoms with Crippen molar-refractivity contribution < 1.29 is 14.0 Å². The average Bonchev–Trinajstić information content (AvgIpc) is 3.40. The fraction of sp³-hybridized carbons (Fsp3) is 0.0385. The lowest BCUT2D eigenvalue weighted by molar-refractivity contribution is 0.101. The van der Waals surface area contributed by atoms with E-state index >= 15 is 0 Å². The number of carbonyl (C=O) groups is 2. The molecule has 0 radical (unpaired) electrons. The Labute approximate surface area is 202 Å². The zero-order valence-corrected chi connectivity index (χ0v) is 19.9. The van der Waals surface area contributed by atoms with E-state index in [4.69, 9.17) is 4.42 Å². The third kappa shape index (κ3) is 4.13. The quantitative estimate of drug-likeness (QED) is 0.252. The molecule has 2 aromatic heterocycles. The van der Waals surface area contributed by atoms with E-state index in [2.05, 4.69) is 26.2 Å². The smallest absolute Gasteiger partial charge is 0.275 e. The minimum absolute atomic E-state index is 0.0834. The van der Waals surface area contributed by atoms with Gasteiger partial charge in [0.2, 0.25) is 5.78 Å². The molecule has 0 saturated carbocycles. The van der Waals surface area contributed by atoms with Crippen LogP contribution in [0.15, 0.2) is 87.8 Å². The summed E-state index contributed by atoms with van der Waals surface area (Å²) in [6.45, 7) is 1.86. The second-order valence-electron chi connectivity index (χ2n) is 7.37. The van der Waals surface area contributed by atoms with Crippen LogP contribution < -0.4 is 5.32 Å². The number of halogens is 1. The lowest BCUT2D eigenvalue weighted by atomic mass is 10.1. The van der Waals surface area contributed by atoms with Crippen molar-refractivity contribution in [2.75, 3.05) is 5.32 Å². The van der Waals surface area contributed by atoms with Crippen LogP contribution in [0.1, 0.15) is 31.6 Å². The highest BCUT2D eigenvalue weighted by atomic mass is 79.9. The van der Waals surface area contributed by atoms with E-state index in [1.54, 1.807) is 30.3 Å². The normalized spacial score (nSPS) is 11.0. The molecule has 0 aliphatic rings. The van der Waals surface area contributed by atoms with Crippen LogP contribution >= 0.6 is 27.3 Å². The van der Waals surface area contributed by atoms with Crippen LogP contribution in [0.4, 0.5) is 5.69 Å². The number of amides is 1. The van der Waals surface area contributed by atoms with Crippen molar-refractivity contribution in [3.63, 3.8) is 0 Å². The van der Waals surface area contributed by atoms with Crippen molar-refractivity contribution in [2.45, 2.75) is 6.92 Å². The van der Waals surface area contributed by atoms with Crippen molar-refractivity contribution in [3.05, 3.63) is 105 Å². The summed E-state index contributed by atoms with van der Waals surface area (Å²) in [4.78, 5) is 31.9. The number of anilines is 1. The first kappa shape index (κ1) is 21.3. The molecule has 1 N–H and O–H groups in total. The van der Waals surface area contributed by atoms with Gasteiger partial charge in [-0.05, 0) is 48.9 Å². The van der Waals surface area contributed by atoms with Gasteiger partial charge in [0.1, 0.15) is 11.3 Å². The van der Waals surface area contributed by atoms with Crippen molar-refractivity contribution in [1.82, 2.24) is 4.98 Å². The van der Waals surface area contributed by atoms with Gasteiger partial charge in [-0.15, -0.1) is 11.3 Å². The Morgan fingerprint density at radius 2 is 1.64 bits per heavy atom. The fourth-order valence-electron chi connectivity index (χ4n) is 3.60. The van der Waals surface area contributed by atoms with Crippen molar-refractivity contribution in [1.29, 1.82) is 0 Å². The zero-order valence-electron chi connectivity index (χ0n) is 17.5. The maximum Gasteiger partial charge on any atom is 0.275 e. The summed E-state index contributed by atoms with van der Waals surface area (Å²) in [7, 11) is 0. The maximum absolute atomic E-state index is 13.4. The van der Waals surface area contributed by atoms with Gasteiger partial charge >= 0.3 is 0 Å². The summed E-state index contributed by atoms with van der Waals surface area (Å²) >= 11 is 4.84. The third-order valence-electron chi connectivity index (χ3n) is 5.13. The maximum atomic E-state index is 13.4. The molecule has 7 heteroatoms. The van der Waals surface area contributed by atoms with Gasteiger partial charge in [-0.3, -0.25) is 9.59 Å². The first-order valence-electron chi connectivity index (χ1n) is 10.2. The van der Waals surface area contributed by atoms with E-state index in [0.717, 1.165) is 19.9 Å². The Morgan fingerprint density at radius 1 is 0.939 bits per heavy atom. The highest BCUT2D eigenvalue weighted by molar-refractivity contribution is 9.10. The summed E-state index contributed by atoms with van der Waals surface area (Å²) in [6.07, 6.45) is 0. The number of benzene rings is 3. The minimum atomic E-state index is -0.394. The molecule has 5 aromatic rings. The monoisotopic (exact) mass is 516 g/mol. The minimum Gasteiger partial charge on any atom is -0.450 e. The lowest BCUT2D eigenvalue weighted by Gasteiger charge is -2.07. The molecule has 33 heavy (non-hydrogen) atoms. The predicted molar refractivity (Wildman–Crippen MR) is 134 cm³/mol. The summed E-state index contributed by atoms with van der Waals surface area (Å²) in [5.41, 5.74) is 2.55. The van der Waals surface area contributed by atoms with Gasteiger partial charge in [-0.2, -0.15) is 0 Å². The highest BCUT2D eigenvalue weighted by Crippen LogP contribution is 2.35. The number of para-hydroxylation sites is 1. The summed E-state index contributed by atoms with van der Waals surface area (Å²) in [6, 6.07) is 23.9. The molecule has 5 rings (SSSR count). The number of nitrogens with zero attached hydrogens (tertiary/aromatic N) is 1. The first-order chi connectivity index (χ1) is 16.0. The van der Waals surface area contributed by atoms with E-state index in [9.17, 15) is 9.59 Å². The lowest BCUT2D eigenvalue weighted by Crippen LogP contribution is -2.15. The molecule has 5 nitrogen and oxygen atoms in total. The molecule has 1 amide bonds. The molecule has 0 spiro atoms. The molecule has 3 aromatic carbocycles. The van der Waals surface area contributed by atoms with Crippen molar-refractivity contribution in [3.8, 4) is 10.4 Å². The number of furan rings is 1. The van der Waals surface area contributed by atoms with E-state index in [0.29, 0.717) is 27.9 Å². The largest absolute Gasteiger partial charge is 0.450 e. The van der Waals surface area contributed by atoms with Gasteiger partial charge in [0.05, 0.1) is 15.6 Å². The molecular formula is C26H17BrN2O3S. The Hall–Kier alpha value is -3.55. The van der Waals surface area contributed by atoms with Crippen LogP contribution in [0.5, 0.6) is 0 Å². The van der Waals surface area contributed by atoms with E-state index < -0.39 is 5.91 Å². The second-order valence-corrected chi connectivity index (χ2v) is 9.49. The predicted octanol–water partition coefficient (Wildman–Crippen LogP) is 7.11. The van der Waals surface area contributed by atoms with Gasteiger partial charge in [-0.1, -0.05) is 58.4 Å². The number of aryl methyl sites for hydroxylation is 1. The van der Waals surface area contributed by atoms with Crippen molar-refractivity contribution >= 4 is 55.6 Å². The average molecular weight is 517 g/mol. The number of aromatic nitrogens is 1. The van der Waals surface area contributed by atoms with Gasteiger partial charge in [0.25, 0.3) is 5.91 Å². The van der Waals surface area contributed by atoms with Gasteiger partial charge in [-0.25, -0.2) is 4.98 Å². The van der Waals surface area contributed by atoms with Crippen LogP contribution in [0, 0.1) is 6.92 Å². The number of ketones is 1. The number of fused-ring (bicyclic) bond motifs is 1. The SMILES string of the molecule is Cc1nc(C(=O)Nc2c(C(=O)c3ccc(Br)cc3)oc3ccccc23)c(-c2ccccc2)s1.